The van der Waals surface area contributed by atoms with Crippen LogP contribution in [0.5, 0.6) is 0 Å². The number of carbonyl (C=O) groups is 2. The summed E-state index contributed by atoms with van der Waals surface area (Å²) in [5, 5.41) is 14.3. The van der Waals surface area contributed by atoms with E-state index >= 15 is 0 Å². The summed E-state index contributed by atoms with van der Waals surface area (Å²) in [6.45, 7) is 1.41. The lowest BCUT2D eigenvalue weighted by atomic mass is 10.1. The Morgan fingerprint density at radius 1 is 1.44 bits per heavy atom. The van der Waals surface area contributed by atoms with E-state index in [1.807, 2.05) is 0 Å². The van der Waals surface area contributed by atoms with Crippen LogP contribution in [-0.4, -0.2) is 30.1 Å². The molecule has 3 N–H and O–H groups in total. The molecule has 1 heterocycles. The average molecular weight is 252 g/mol. The molecule has 1 amide bonds. The van der Waals surface area contributed by atoms with Crippen LogP contribution in [0.2, 0.25) is 0 Å². The number of carboxylic acid groups (broad SMARTS) is 1. The monoisotopic (exact) mass is 252 g/mol. The smallest absolute Gasteiger partial charge is 0.338 e. The molecule has 0 radical (unpaired) electrons. The van der Waals surface area contributed by atoms with E-state index in [1.54, 1.807) is 0 Å². The first-order valence-electron chi connectivity index (χ1n) is 5.62. The molecule has 0 bridgehead atoms. The molecule has 1 aliphatic heterocycles. The van der Waals surface area contributed by atoms with Gasteiger partial charge in [0.15, 0.2) is 0 Å². The highest BCUT2D eigenvalue weighted by molar-refractivity contribution is 5.94. The van der Waals surface area contributed by atoms with Crippen molar-refractivity contribution in [2.75, 3.05) is 18.4 Å². The summed E-state index contributed by atoms with van der Waals surface area (Å²) >= 11 is 0. The fraction of sp³-hybridized carbons (Fsp3) is 0.333. The fourth-order valence-electron chi connectivity index (χ4n) is 1.89. The maximum absolute atomic E-state index is 13.4. The molecule has 6 heteroatoms. The predicted molar refractivity (Wildman–Crippen MR) is 63.0 cm³/mol. The van der Waals surface area contributed by atoms with Crippen molar-refractivity contribution < 1.29 is 19.1 Å². The van der Waals surface area contributed by atoms with E-state index in [1.165, 1.54) is 6.07 Å². The summed E-state index contributed by atoms with van der Waals surface area (Å²) in [7, 11) is 0. The van der Waals surface area contributed by atoms with Gasteiger partial charge in [-0.1, -0.05) is 0 Å². The number of rotatable bonds is 3. The number of carboxylic acids is 1. The molecule has 2 rings (SSSR count). The van der Waals surface area contributed by atoms with Crippen molar-refractivity contribution in [3.63, 3.8) is 0 Å². The third-order valence-electron chi connectivity index (χ3n) is 2.90. The number of carbonyl (C=O) groups excluding carboxylic acids is 1. The molecule has 1 aromatic rings. The van der Waals surface area contributed by atoms with Crippen LogP contribution in [-0.2, 0) is 4.79 Å². The van der Waals surface area contributed by atoms with Crippen molar-refractivity contribution in [1.29, 1.82) is 0 Å². The number of anilines is 1. The predicted octanol–water partition coefficient (Wildman–Crippen LogP) is 1.07. The first-order valence-corrected chi connectivity index (χ1v) is 5.62. The third-order valence-corrected chi connectivity index (χ3v) is 2.90. The van der Waals surface area contributed by atoms with Gasteiger partial charge in [0, 0.05) is 12.2 Å². The van der Waals surface area contributed by atoms with Crippen molar-refractivity contribution in [3.05, 3.63) is 29.6 Å². The molecule has 96 valence electrons. The van der Waals surface area contributed by atoms with Gasteiger partial charge in [0.1, 0.15) is 5.82 Å². The van der Waals surface area contributed by atoms with E-state index in [4.69, 9.17) is 5.11 Å². The van der Waals surface area contributed by atoms with Gasteiger partial charge in [-0.2, -0.15) is 0 Å². The van der Waals surface area contributed by atoms with E-state index in [0.29, 0.717) is 6.54 Å². The lowest BCUT2D eigenvalue weighted by Crippen LogP contribution is -2.24. The van der Waals surface area contributed by atoms with Gasteiger partial charge < -0.3 is 15.7 Å². The van der Waals surface area contributed by atoms with Gasteiger partial charge in [-0.25, -0.2) is 9.18 Å². The van der Waals surface area contributed by atoms with Gasteiger partial charge in [0.2, 0.25) is 5.91 Å². The summed E-state index contributed by atoms with van der Waals surface area (Å²) in [5.41, 5.74) is -0.134. The van der Waals surface area contributed by atoms with Gasteiger partial charge in [-0.15, -0.1) is 0 Å². The van der Waals surface area contributed by atoms with Gasteiger partial charge in [-0.3, -0.25) is 4.79 Å². The lowest BCUT2D eigenvalue weighted by Gasteiger charge is -2.10. The highest BCUT2D eigenvalue weighted by Gasteiger charge is 2.22. The number of amides is 1. The number of hydrogen-bond acceptors (Lipinski definition) is 3. The van der Waals surface area contributed by atoms with Crippen LogP contribution in [0.15, 0.2) is 18.2 Å². The molecule has 1 aromatic carbocycles. The van der Waals surface area contributed by atoms with Crippen LogP contribution >= 0.6 is 0 Å². The highest BCUT2D eigenvalue weighted by atomic mass is 19.1. The molecular weight excluding hydrogens is 239 g/mol. The zero-order valence-corrected chi connectivity index (χ0v) is 9.57. The fourth-order valence-corrected chi connectivity index (χ4v) is 1.89. The minimum Gasteiger partial charge on any atom is -0.478 e. The van der Waals surface area contributed by atoms with Crippen LogP contribution in [0, 0.1) is 11.7 Å². The largest absolute Gasteiger partial charge is 0.478 e. The summed E-state index contributed by atoms with van der Waals surface area (Å²) in [6.07, 6.45) is 0.752. The molecule has 1 fully saturated rings. The number of halogens is 1. The Balaban J connectivity index is 2.07. The second kappa shape index (κ2) is 5.14. The Labute approximate surface area is 103 Å². The van der Waals surface area contributed by atoms with E-state index in [2.05, 4.69) is 10.6 Å². The van der Waals surface area contributed by atoms with Crippen LogP contribution < -0.4 is 10.6 Å². The van der Waals surface area contributed by atoms with Crippen molar-refractivity contribution in [3.8, 4) is 0 Å². The topological polar surface area (TPSA) is 78.4 Å². The highest BCUT2D eigenvalue weighted by Crippen LogP contribution is 2.17. The normalized spacial score (nSPS) is 18.6. The molecule has 0 spiro atoms. The molecule has 0 aromatic heterocycles. The minimum absolute atomic E-state index is 0.118. The van der Waals surface area contributed by atoms with E-state index in [9.17, 15) is 14.0 Å². The summed E-state index contributed by atoms with van der Waals surface area (Å²) in [4.78, 5) is 22.4. The summed E-state index contributed by atoms with van der Waals surface area (Å²) in [6, 6.07) is 3.54. The van der Waals surface area contributed by atoms with Crippen molar-refractivity contribution in [2.45, 2.75) is 6.42 Å². The standard InChI is InChI=1S/C12H13FN2O3/c13-10-5-8(1-2-9(10)12(17)18)15-11(16)7-3-4-14-6-7/h1-2,5,7,14H,3-4,6H2,(H,15,16)(H,17,18). The molecule has 18 heavy (non-hydrogen) atoms. The van der Waals surface area contributed by atoms with Crippen molar-refractivity contribution in [2.24, 2.45) is 5.92 Å². The maximum Gasteiger partial charge on any atom is 0.338 e. The second-order valence-corrected chi connectivity index (χ2v) is 4.18. The number of benzene rings is 1. The second-order valence-electron chi connectivity index (χ2n) is 4.18. The molecular formula is C12H13FN2O3. The molecule has 1 aliphatic rings. The molecule has 0 saturated carbocycles. The molecule has 1 atom stereocenters. The third kappa shape index (κ3) is 2.65. The Morgan fingerprint density at radius 2 is 2.22 bits per heavy atom. The van der Waals surface area contributed by atoms with Crippen LogP contribution in [0.25, 0.3) is 0 Å². The number of aromatic carboxylic acids is 1. The number of hydrogen-bond donors (Lipinski definition) is 3. The molecule has 0 aliphatic carbocycles. The molecule has 1 unspecified atom stereocenters. The van der Waals surface area contributed by atoms with E-state index < -0.39 is 17.3 Å². The Bertz CT molecular complexity index is 484. The van der Waals surface area contributed by atoms with Crippen molar-refractivity contribution in [1.82, 2.24) is 5.32 Å². The van der Waals surface area contributed by atoms with Gasteiger partial charge in [-0.05, 0) is 31.2 Å². The number of nitrogens with one attached hydrogen (secondary N) is 2. The summed E-state index contributed by atoms with van der Waals surface area (Å²) < 4.78 is 13.4. The van der Waals surface area contributed by atoms with Crippen LogP contribution in [0.3, 0.4) is 0 Å². The Hall–Kier alpha value is -1.95. The van der Waals surface area contributed by atoms with Gasteiger partial charge in [0.25, 0.3) is 0 Å². The minimum atomic E-state index is -1.33. The summed E-state index contributed by atoms with van der Waals surface area (Å²) in [5.74, 6) is -2.48. The van der Waals surface area contributed by atoms with E-state index in [-0.39, 0.29) is 17.5 Å². The van der Waals surface area contributed by atoms with Gasteiger partial charge in [0.05, 0.1) is 11.5 Å². The quantitative estimate of drug-likeness (QED) is 0.752. The average Bonchev–Trinajstić information content (AvgIpc) is 2.81. The Morgan fingerprint density at radius 3 is 2.78 bits per heavy atom. The molecule has 1 saturated heterocycles. The van der Waals surface area contributed by atoms with E-state index in [0.717, 1.165) is 25.1 Å². The van der Waals surface area contributed by atoms with Gasteiger partial charge >= 0.3 is 5.97 Å². The van der Waals surface area contributed by atoms with Crippen LogP contribution in [0.1, 0.15) is 16.8 Å². The Kier molecular flexibility index (Phi) is 3.57. The lowest BCUT2D eigenvalue weighted by molar-refractivity contribution is -0.119. The first-order chi connectivity index (χ1) is 8.58. The van der Waals surface area contributed by atoms with Crippen molar-refractivity contribution >= 4 is 17.6 Å². The zero-order valence-electron chi connectivity index (χ0n) is 9.57. The maximum atomic E-state index is 13.4. The molecule has 5 nitrogen and oxygen atoms in total. The SMILES string of the molecule is O=C(O)c1ccc(NC(=O)C2CCNC2)cc1F. The zero-order chi connectivity index (χ0) is 13.1. The first kappa shape index (κ1) is 12.5. The van der Waals surface area contributed by atoms with Crippen LogP contribution in [0.4, 0.5) is 10.1 Å².